The summed E-state index contributed by atoms with van der Waals surface area (Å²) in [5, 5.41) is 2.47. The Kier molecular flexibility index (Phi) is 3.57. The van der Waals surface area contributed by atoms with Gasteiger partial charge in [-0.2, -0.15) is 13.2 Å². The van der Waals surface area contributed by atoms with Crippen LogP contribution in [0.3, 0.4) is 0 Å². The van der Waals surface area contributed by atoms with Gasteiger partial charge in [0, 0.05) is 28.5 Å². The average molecular weight is 363 g/mol. The van der Waals surface area contributed by atoms with Crippen LogP contribution < -0.4 is 19.5 Å². The average Bonchev–Trinajstić information content (AvgIpc) is 3.16. The SMILES string of the molecule is COc1cc2c(cc1/C=C1/C(=O)Nc3cc(C(F)(F)F)ccc31)OCO2. The standard InChI is InChI=1S/C18H12F3NO4/c1-24-14-7-16-15(25-8-26-16)5-9(14)4-12-11-3-2-10(18(19,20)21)6-13(11)22-17(12)23/h2-7H,8H2,1H3,(H,22,23)/b12-4+. The molecule has 2 aromatic rings. The van der Waals surface area contributed by atoms with Crippen LogP contribution in [0, 0.1) is 0 Å². The summed E-state index contributed by atoms with van der Waals surface area (Å²) in [4.78, 5) is 12.3. The van der Waals surface area contributed by atoms with Crippen LogP contribution in [-0.2, 0) is 11.0 Å². The number of carbonyl (C=O) groups excluding carboxylic acids is 1. The predicted octanol–water partition coefficient (Wildman–Crippen LogP) is 3.94. The number of nitrogens with one attached hydrogen (secondary N) is 1. The van der Waals surface area contributed by atoms with Crippen molar-refractivity contribution in [2.24, 2.45) is 0 Å². The van der Waals surface area contributed by atoms with E-state index in [1.165, 1.54) is 13.2 Å². The molecule has 26 heavy (non-hydrogen) atoms. The van der Waals surface area contributed by atoms with Crippen LogP contribution in [0.4, 0.5) is 18.9 Å². The second kappa shape index (κ2) is 5.69. The van der Waals surface area contributed by atoms with E-state index in [1.807, 2.05) is 0 Å². The van der Waals surface area contributed by atoms with Crippen LogP contribution in [0.15, 0.2) is 30.3 Å². The van der Waals surface area contributed by atoms with E-state index in [0.717, 1.165) is 12.1 Å². The van der Waals surface area contributed by atoms with Gasteiger partial charge >= 0.3 is 6.18 Å². The zero-order valence-electron chi connectivity index (χ0n) is 13.4. The van der Waals surface area contributed by atoms with Gasteiger partial charge in [0.2, 0.25) is 6.79 Å². The largest absolute Gasteiger partial charge is 0.496 e. The first kappa shape index (κ1) is 16.3. The lowest BCUT2D eigenvalue weighted by molar-refractivity contribution is -0.137. The maximum absolute atomic E-state index is 12.9. The third kappa shape index (κ3) is 2.63. The Morgan fingerprint density at radius 2 is 1.88 bits per heavy atom. The van der Waals surface area contributed by atoms with Crippen LogP contribution in [-0.4, -0.2) is 19.8 Å². The molecular weight excluding hydrogens is 351 g/mol. The van der Waals surface area contributed by atoms with E-state index in [0.29, 0.717) is 28.4 Å². The maximum atomic E-state index is 12.9. The molecule has 2 aromatic carbocycles. The minimum absolute atomic E-state index is 0.0854. The predicted molar refractivity (Wildman–Crippen MR) is 87.1 cm³/mol. The Hall–Kier alpha value is -3.16. The second-order valence-corrected chi connectivity index (χ2v) is 5.72. The molecule has 0 radical (unpaired) electrons. The highest BCUT2D eigenvalue weighted by Gasteiger charge is 2.33. The molecule has 0 aromatic heterocycles. The molecule has 2 aliphatic rings. The molecule has 0 bridgehead atoms. The number of rotatable bonds is 2. The number of alkyl halides is 3. The highest BCUT2D eigenvalue weighted by atomic mass is 19.4. The third-order valence-electron chi connectivity index (χ3n) is 4.15. The zero-order valence-corrected chi connectivity index (χ0v) is 13.4. The van der Waals surface area contributed by atoms with E-state index in [2.05, 4.69) is 5.32 Å². The number of amides is 1. The summed E-state index contributed by atoms with van der Waals surface area (Å²) in [6.07, 6.45) is -2.93. The third-order valence-corrected chi connectivity index (χ3v) is 4.15. The van der Waals surface area contributed by atoms with Crippen molar-refractivity contribution < 1.29 is 32.2 Å². The molecule has 2 aliphatic heterocycles. The molecule has 0 atom stereocenters. The van der Waals surface area contributed by atoms with Gasteiger partial charge in [-0.1, -0.05) is 6.07 Å². The number of anilines is 1. The fourth-order valence-corrected chi connectivity index (χ4v) is 2.90. The summed E-state index contributed by atoms with van der Waals surface area (Å²) in [7, 11) is 1.47. The number of halogens is 3. The highest BCUT2D eigenvalue weighted by molar-refractivity contribution is 6.35. The minimum Gasteiger partial charge on any atom is -0.496 e. The van der Waals surface area contributed by atoms with E-state index in [1.54, 1.807) is 18.2 Å². The van der Waals surface area contributed by atoms with Crippen LogP contribution in [0.25, 0.3) is 11.6 Å². The molecule has 1 N–H and O–H groups in total. The van der Waals surface area contributed by atoms with Crippen molar-refractivity contribution in [2.75, 3.05) is 19.2 Å². The van der Waals surface area contributed by atoms with Gasteiger partial charge < -0.3 is 19.5 Å². The summed E-state index contributed by atoms with van der Waals surface area (Å²) in [5.74, 6) is 0.993. The topological polar surface area (TPSA) is 56.8 Å². The number of fused-ring (bicyclic) bond motifs is 2. The number of hydrogen-bond acceptors (Lipinski definition) is 4. The van der Waals surface area contributed by atoms with Crippen molar-refractivity contribution in [3.63, 3.8) is 0 Å². The normalized spacial score (nSPS) is 16.6. The summed E-state index contributed by atoms with van der Waals surface area (Å²) in [5.41, 5.74) is 0.484. The summed E-state index contributed by atoms with van der Waals surface area (Å²) < 4.78 is 54.5. The van der Waals surface area contributed by atoms with Crippen LogP contribution in [0.1, 0.15) is 16.7 Å². The van der Waals surface area contributed by atoms with Crippen molar-refractivity contribution in [3.05, 3.63) is 47.0 Å². The van der Waals surface area contributed by atoms with Gasteiger partial charge in [-0.15, -0.1) is 0 Å². The Morgan fingerprint density at radius 3 is 2.58 bits per heavy atom. The van der Waals surface area contributed by atoms with Gasteiger partial charge in [0.25, 0.3) is 5.91 Å². The Labute approximate surface area is 146 Å². The number of carbonyl (C=O) groups is 1. The van der Waals surface area contributed by atoms with Gasteiger partial charge in [-0.25, -0.2) is 0 Å². The number of hydrogen-bond donors (Lipinski definition) is 1. The number of methoxy groups -OCH3 is 1. The Balaban J connectivity index is 1.79. The summed E-state index contributed by atoms with van der Waals surface area (Å²) in [6.45, 7) is 0.0854. The fraction of sp³-hybridized carbons (Fsp3) is 0.167. The molecule has 0 saturated heterocycles. The minimum atomic E-state index is -4.48. The van der Waals surface area contributed by atoms with Crippen molar-refractivity contribution in [2.45, 2.75) is 6.18 Å². The molecule has 5 nitrogen and oxygen atoms in total. The van der Waals surface area contributed by atoms with Crippen molar-refractivity contribution in [1.29, 1.82) is 0 Å². The van der Waals surface area contributed by atoms with Gasteiger partial charge in [0.15, 0.2) is 11.5 Å². The molecule has 2 heterocycles. The van der Waals surface area contributed by atoms with E-state index in [-0.39, 0.29) is 18.1 Å². The van der Waals surface area contributed by atoms with Crippen molar-refractivity contribution in [3.8, 4) is 17.2 Å². The van der Waals surface area contributed by atoms with Gasteiger partial charge in [-0.05, 0) is 24.3 Å². The zero-order chi connectivity index (χ0) is 18.5. The molecule has 1 amide bonds. The lowest BCUT2D eigenvalue weighted by Gasteiger charge is -2.09. The molecule has 8 heteroatoms. The van der Waals surface area contributed by atoms with E-state index in [4.69, 9.17) is 14.2 Å². The first-order chi connectivity index (χ1) is 12.4. The Bertz CT molecular complexity index is 950. The van der Waals surface area contributed by atoms with E-state index < -0.39 is 17.6 Å². The fourth-order valence-electron chi connectivity index (χ4n) is 2.90. The van der Waals surface area contributed by atoms with E-state index in [9.17, 15) is 18.0 Å². The molecule has 134 valence electrons. The highest BCUT2D eigenvalue weighted by Crippen LogP contribution is 2.42. The quantitative estimate of drug-likeness (QED) is 0.822. The lowest BCUT2D eigenvalue weighted by atomic mass is 10.0. The van der Waals surface area contributed by atoms with Crippen LogP contribution in [0.2, 0.25) is 0 Å². The second-order valence-electron chi connectivity index (χ2n) is 5.72. The smallest absolute Gasteiger partial charge is 0.416 e. The van der Waals surface area contributed by atoms with Crippen molar-refractivity contribution >= 4 is 23.2 Å². The van der Waals surface area contributed by atoms with Gasteiger partial charge in [-0.3, -0.25) is 4.79 Å². The monoisotopic (exact) mass is 363 g/mol. The van der Waals surface area contributed by atoms with Gasteiger partial charge in [0.1, 0.15) is 5.75 Å². The maximum Gasteiger partial charge on any atom is 0.416 e. The molecule has 0 spiro atoms. The molecule has 0 aliphatic carbocycles. The number of ether oxygens (including phenoxy) is 3. The molecule has 0 fully saturated rings. The lowest BCUT2D eigenvalue weighted by Crippen LogP contribution is -2.06. The number of benzene rings is 2. The summed E-state index contributed by atoms with van der Waals surface area (Å²) in [6, 6.07) is 6.44. The first-order valence-electron chi connectivity index (χ1n) is 7.59. The van der Waals surface area contributed by atoms with Crippen LogP contribution >= 0.6 is 0 Å². The molecule has 0 unspecified atom stereocenters. The van der Waals surface area contributed by atoms with Crippen molar-refractivity contribution in [1.82, 2.24) is 0 Å². The summed E-state index contributed by atoms with van der Waals surface area (Å²) >= 11 is 0. The molecule has 0 saturated carbocycles. The van der Waals surface area contributed by atoms with Gasteiger partial charge in [0.05, 0.1) is 12.7 Å². The van der Waals surface area contributed by atoms with Crippen LogP contribution in [0.5, 0.6) is 17.2 Å². The van der Waals surface area contributed by atoms with E-state index >= 15 is 0 Å². The molecule has 4 rings (SSSR count). The first-order valence-corrected chi connectivity index (χ1v) is 7.59. The molecular formula is C18H12F3NO4. The Morgan fingerprint density at radius 1 is 1.15 bits per heavy atom.